The fourth-order valence-corrected chi connectivity index (χ4v) is 5.68. The first kappa shape index (κ1) is 29.9. The second-order valence-electron chi connectivity index (χ2n) is 10.2. The van der Waals surface area contributed by atoms with E-state index in [0.717, 1.165) is 21.0 Å². The molecule has 0 saturated heterocycles. The van der Waals surface area contributed by atoms with Gasteiger partial charge in [0.25, 0.3) is 10.0 Å². The minimum atomic E-state index is -4.07. The van der Waals surface area contributed by atoms with Gasteiger partial charge in [0.2, 0.25) is 11.8 Å². The zero-order valence-corrected chi connectivity index (χ0v) is 24.2. The Morgan fingerprint density at radius 1 is 0.872 bits per heavy atom. The molecule has 0 saturated carbocycles. The third-order valence-electron chi connectivity index (χ3n) is 6.65. The first-order valence-corrected chi connectivity index (χ1v) is 14.7. The van der Waals surface area contributed by atoms with Gasteiger partial charge in [0.1, 0.15) is 12.6 Å². The van der Waals surface area contributed by atoms with Gasteiger partial charge in [0.05, 0.1) is 10.6 Å². The average Bonchev–Trinajstić information content (AvgIpc) is 2.92. The Balaban J connectivity index is 2.04. The standard InChI is InChI=1S/C31H39N3O4S/c1-6-29(31(36)32-20-23(2)3)33(21-26-13-9-7-10-14-26)30(35)22-34(27-18-17-24(4)25(5)19-27)39(37,38)28-15-11-8-12-16-28/h7-19,23,29H,6,20-22H2,1-5H3,(H,32,36)/t29-/m1/s1. The van der Waals surface area contributed by atoms with Crippen LogP contribution >= 0.6 is 0 Å². The summed E-state index contributed by atoms with van der Waals surface area (Å²) in [6.07, 6.45) is 0.386. The molecule has 0 spiro atoms. The zero-order chi connectivity index (χ0) is 28.6. The molecule has 0 heterocycles. The third-order valence-corrected chi connectivity index (χ3v) is 8.44. The largest absolute Gasteiger partial charge is 0.354 e. The molecule has 3 rings (SSSR count). The molecule has 0 aliphatic heterocycles. The molecule has 0 aromatic heterocycles. The van der Waals surface area contributed by atoms with Gasteiger partial charge in [-0.3, -0.25) is 13.9 Å². The molecular formula is C31H39N3O4S. The summed E-state index contributed by atoms with van der Waals surface area (Å²) >= 11 is 0. The number of aryl methyl sites for hydroxylation is 2. The number of nitrogens with zero attached hydrogens (tertiary/aromatic N) is 2. The number of nitrogens with one attached hydrogen (secondary N) is 1. The summed E-state index contributed by atoms with van der Waals surface area (Å²) in [5, 5.41) is 2.94. The highest BCUT2D eigenvalue weighted by Crippen LogP contribution is 2.26. The number of carbonyl (C=O) groups excluding carboxylic acids is 2. The Morgan fingerprint density at radius 2 is 1.49 bits per heavy atom. The fourth-order valence-electron chi connectivity index (χ4n) is 4.25. The van der Waals surface area contributed by atoms with Crippen LogP contribution in [0.3, 0.4) is 0 Å². The third kappa shape index (κ3) is 7.69. The second kappa shape index (κ2) is 13.4. The molecule has 0 unspecified atom stereocenters. The first-order valence-electron chi connectivity index (χ1n) is 13.3. The second-order valence-corrected chi connectivity index (χ2v) is 12.0. The molecular weight excluding hydrogens is 510 g/mol. The predicted octanol–water partition coefficient (Wildman–Crippen LogP) is 5.08. The lowest BCUT2D eigenvalue weighted by atomic mass is 10.1. The molecule has 0 aliphatic rings. The summed E-state index contributed by atoms with van der Waals surface area (Å²) in [5.74, 6) is -0.455. The van der Waals surface area contributed by atoms with Gasteiger partial charge in [-0.15, -0.1) is 0 Å². The van der Waals surface area contributed by atoms with Crippen LogP contribution in [-0.4, -0.2) is 44.3 Å². The van der Waals surface area contributed by atoms with Crippen molar-refractivity contribution in [1.29, 1.82) is 0 Å². The van der Waals surface area contributed by atoms with Gasteiger partial charge < -0.3 is 10.2 Å². The number of carbonyl (C=O) groups is 2. The molecule has 0 aliphatic carbocycles. The van der Waals surface area contributed by atoms with Crippen molar-refractivity contribution in [2.45, 2.75) is 58.5 Å². The van der Waals surface area contributed by atoms with Crippen molar-refractivity contribution >= 4 is 27.5 Å². The monoisotopic (exact) mass is 549 g/mol. The van der Waals surface area contributed by atoms with Crippen molar-refractivity contribution in [2.24, 2.45) is 5.92 Å². The summed E-state index contributed by atoms with van der Waals surface area (Å²) in [6, 6.07) is 22.1. The lowest BCUT2D eigenvalue weighted by Crippen LogP contribution is -2.52. The molecule has 0 bridgehead atoms. The quantitative estimate of drug-likeness (QED) is 0.341. The van der Waals surface area contributed by atoms with Gasteiger partial charge in [0, 0.05) is 13.1 Å². The first-order chi connectivity index (χ1) is 18.5. The average molecular weight is 550 g/mol. The molecule has 1 N–H and O–H groups in total. The Morgan fingerprint density at radius 3 is 2.05 bits per heavy atom. The van der Waals surface area contributed by atoms with Crippen molar-refractivity contribution in [3.63, 3.8) is 0 Å². The summed E-state index contributed by atoms with van der Waals surface area (Å²) in [6.45, 7) is 9.94. The smallest absolute Gasteiger partial charge is 0.264 e. The molecule has 8 heteroatoms. The molecule has 3 aromatic carbocycles. The van der Waals surface area contributed by atoms with Crippen LogP contribution in [0.4, 0.5) is 5.69 Å². The van der Waals surface area contributed by atoms with Crippen LogP contribution in [-0.2, 0) is 26.2 Å². The van der Waals surface area contributed by atoms with E-state index in [0.29, 0.717) is 18.7 Å². The van der Waals surface area contributed by atoms with Crippen molar-refractivity contribution in [3.8, 4) is 0 Å². The molecule has 7 nitrogen and oxygen atoms in total. The number of anilines is 1. The van der Waals surface area contributed by atoms with Crippen LogP contribution in [0.15, 0.2) is 83.8 Å². The maximum atomic E-state index is 14.0. The summed E-state index contributed by atoms with van der Waals surface area (Å²) in [5.41, 5.74) is 3.17. The Hall–Kier alpha value is -3.65. The molecule has 2 amide bonds. The lowest BCUT2D eigenvalue weighted by Gasteiger charge is -2.33. The normalized spacial score (nSPS) is 12.2. The fraction of sp³-hybridized carbons (Fsp3) is 0.355. The van der Waals surface area contributed by atoms with Crippen LogP contribution in [0.2, 0.25) is 0 Å². The van der Waals surface area contributed by atoms with E-state index in [2.05, 4.69) is 5.32 Å². The predicted molar refractivity (Wildman–Crippen MR) is 156 cm³/mol. The molecule has 208 valence electrons. The number of hydrogen-bond donors (Lipinski definition) is 1. The lowest BCUT2D eigenvalue weighted by molar-refractivity contribution is -0.140. The highest BCUT2D eigenvalue weighted by atomic mass is 32.2. The van der Waals surface area contributed by atoms with E-state index in [4.69, 9.17) is 0 Å². The minimum Gasteiger partial charge on any atom is -0.354 e. The number of amides is 2. The van der Waals surface area contributed by atoms with Crippen LogP contribution in [0.1, 0.15) is 43.9 Å². The van der Waals surface area contributed by atoms with Gasteiger partial charge in [-0.05, 0) is 67.1 Å². The molecule has 3 aromatic rings. The van der Waals surface area contributed by atoms with Crippen LogP contribution in [0.25, 0.3) is 0 Å². The molecule has 39 heavy (non-hydrogen) atoms. The van der Waals surface area contributed by atoms with Crippen LogP contribution in [0, 0.1) is 19.8 Å². The molecule has 0 radical (unpaired) electrons. The van der Waals surface area contributed by atoms with Gasteiger partial charge in [-0.2, -0.15) is 0 Å². The van der Waals surface area contributed by atoms with E-state index in [9.17, 15) is 18.0 Å². The summed E-state index contributed by atoms with van der Waals surface area (Å²) in [4.78, 5) is 28.9. The van der Waals surface area contributed by atoms with Crippen LogP contribution in [0.5, 0.6) is 0 Å². The number of hydrogen-bond acceptors (Lipinski definition) is 4. The van der Waals surface area contributed by atoms with Gasteiger partial charge in [0.15, 0.2) is 0 Å². The number of rotatable bonds is 12. The summed E-state index contributed by atoms with van der Waals surface area (Å²) < 4.78 is 28.9. The van der Waals surface area contributed by atoms with Crippen molar-refractivity contribution in [3.05, 3.63) is 95.6 Å². The van der Waals surface area contributed by atoms with Crippen LogP contribution < -0.4 is 9.62 Å². The zero-order valence-electron chi connectivity index (χ0n) is 23.4. The van der Waals surface area contributed by atoms with Gasteiger partial charge >= 0.3 is 0 Å². The molecule has 0 fully saturated rings. The van der Waals surface area contributed by atoms with Crippen molar-refractivity contribution < 1.29 is 18.0 Å². The highest BCUT2D eigenvalue weighted by molar-refractivity contribution is 7.92. The number of sulfonamides is 1. The van der Waals surface area contributed by atoms with Gasteiger partial charge in [-0.1, -0.05) is 75.4 Å². The Labute approximate surface area is 232 Å². The van der Waals surface area contributed by atoms with Gasteiger partial charge in [-0.25, -0.2) is 8.42 Å². The van der Waals surface area contributed by atoms with E-state index < -0.39 is 28.5 Å². The Kier molecular flexibility index (Phi) is 10.3. The maximum absolute atomic E-state index is 14.0. The van der Waals surface area contributed by atoms with Crippen molar-refractivity contribution in [1.82, 2.24) is 10.2 Å². The number of benzene rings is 3. The molecule has 1 atom stereocenters. The van der Waals surface area contributed by atoms with E-state index in [1.165, 1.54) is 17.0 Å². The van der Waals surface area contributed by atoms with E-state index in [1.807, 2.05) is 71.0 Å². The Bertz CT molecular complexity index is 1360. The summed E-state index contributed by atoms with van der Waals surface area (Å²) in [7, 11) is -4.07. The van der Waals surface area contributed by atoms with Crippen molar-refractivity contribution in [2.75, 3.05) is 17.4 Å². The van der Waals surface area contributed by atoms with E-state index in [1.54, 1.807) is 30.3 Å². The topological polar surface area (TPSA) is 86.8 Å². The van der Waals surface area contributed by atoms with E-state index >= 15 is 0 Å². The maximum Gasteiger partial charge on any atom is 0.264 e. The minimum absolute atomic E-state index is 0.0901. The SMILES string of the molecule is CC[C@H](C(=O)NCC(C)C)N(Cc1ccccc1)C(=O)CN(c1ccc(C)c(C)c1)S(=O)(=O)c1ccccc1. The van der Waals surface area contributed by atoms with E-state index in [-0.39, 0.29) is 23.3 Å². The highest BCUT2D eigenvalue weighted by Gasteiger charge is 2.33.